The average molecular weight is 533 g/mol. The van der Waals surface area contributed by atoms with Gasteiger partial charge in [0.05, 0.1) is 23.7 Å². The van der Waals surface area contributed by atoms with Gasteiger partial charge in [0.15, 0.2) is 0 Å². The molecule has 0 unspecified atom stereocenters. The SMILES string of the molecule is Cc1cccc(-n2c(-c3ccnc(NC4CCC(N5CCCOC5=O)CC4)n3)cn(C3CCOCC3)c2=O)c1. The van der Waals surface area contributed by atoms with Gasteiger partial charge in [0.2, 0.25) is 5.95 Å². The topological polar surface area (TPSA) is 104 Å². The van der Waals surface area contributed by atoms with Gasteiger partial charge in [0.1, 0.15) is 0 Å². The highest BCUT2D eigenvalue weighted by atomic mass is 16.6. The van der Waals surface area contributed by atoms with E-state index in [0.717, 1.165) is 68.4 Å². The second-order valence-corrected chi connectivity index (χ2v) is 10.8. The number of aromatic nitrogens is 4. The van der Waals surface area contributed by atoms with E-state index in [4.69, 9.17) is 14.5 Å². The summed E-state index contributed by atoms with van der Waals surface area (Å²) in [7, 11) is 0. The number of imidazole rings is 1. The lowest BCUT2D eigenvalue weighted by Crippen LogP contribution is -2.47. The number of ether oxygens (including phenoxy) is 2. The highest BCUT2D eigenvalue weighted by Gasteiger charge is 2.31. The number of hydrogen-bond acceptors (Lipinski definition) is 7. The minimum Gasteiger partial charge on any atom is -0.449 e. The summed E-state index contributed by atoms with van der Waals surface area (Å²) in [5, 5.41) is 3.51. The number of rotatable bonds is 6. The Morgan fingerprint density at radius 3 is 2.56 bits per heavy atom. The maximum atomic E-state index is 13.7. The van der Waals surface area contributed by atoms with Gasteiger partial charge in [-0.25, -0.2) is 19.6 Å². The van der Waals surface area contributed by atoms with Crippen molar-refractivity contribution >= 4 is 12.0 Å². The smallest absolute Gasteiger partial charge is 0.410 e. The molecule has 4 heterocycles. The molecule has 1 saturated carbocycles. The molecule has 2 saturated heterocycles. The average Bonchev–Trinajstić information content (AvgIpc) is 3.31. The zero-order valence-electron chi connectivity index (χ0n) is 22.4. The molecule has 3 aromatic rings. The molecule has 3 aliphatic rings. The van der Waals surface area contributed by atoms with Crippen LogP contribution in [0.1, 0.15) is 56.6 Å². The number of nitrogens with zero attached hydrogens (tertiary/aromatic N) is 5. The fraction of sp³-hybridized carbons (Fsp3) is 0.517. The summed E-state index contributed by atoms with van der Waals surface area (Å²) in [6.45, 7) is 4.65. The molecule has 1 amide bonds. The van der Waals surface area contributed by atoms with Crippen molar-refractivity contribution < 1.29 is 14.3 Å². The van der Waals surface area contributed by atoms with Crippen LogP contribution in [0.25, 0.3) is 17.1 Å². The summed E-state index contributed by atoms with van der Waals surface area (Å²) in [6, 6.07) is 10.4. The molecule has 0 spiro atoms. The van der Waals surface area contributed by atoms with Crippen LogP contribution in [-0.4, -0.2) is 68.5 Å². The molecule has 0 atom stereocenters. The first-order valence-corrected chi connectivity index (χ1v) is 14.1. The van der Waals surface area contributed by atoms with Crippen LogP contribution in [0.15, 0.2) is 47.5 Å². The number of carbonyl (C=O) groups excluding carboxylic acids is 1. The number of hydrogen-bond donors (Lipinski definition) is 1. The second-order valence-electron chi connectivity index (χ2n) is 10.8. The van der Waals surface area contributed by atoms with Gasteiger partial charge in [0, 0.05) is 50.3 Å². The van der Waals surface area contributed by atoms with E-state index in [1.165, 1.54) is 0 Å². The molecule has 3 fully saturated rings. The Labute approximate surface area is 228 Å². The summed E-state index contributed by atoms with van der Waals surface area (Å²) in [4.78, 5) is 37.2. The van der Waals surface area contributed by atoms with Gasteiger partial charge in [0.25, 0.3) is 0 Å². The molecule has 1 aromatic carbocycles. The van der Waals surface area contributed by atoms with E-state index in [1.807, 2.05) is 52.9 Å². The fourth-order valence-electron chi connectivity index (χ4n) is 6.07. The number of aryl methyl sites for hydroxylation is 1. The minimum atomic E-state index is -0.180. The summed E-state index contributed by atoms with van der Waals surface area (Å²) in [6.07, 6.45) is 9.73. The van der Waals surface area contributed by atoms with Gasteiger partial charge in [-0.2, -0.15) is 0 Å². The molecule has 10 nitrogen and oxygen atoms in total. The first-order valence-electron chi connectivity index (χ1n) is 14.1. The molecule has 10 heteroatoms. The Kier molecular flexibility index (Phi) is 7.36. The van der Waals surface area contributed by atoms with Crippen LogP contribution in [-0.2, 0) is 9.47 Å². The standard InChI is InChI=1S/C29H36N6O4/c1-20-4-2-5-24(18-20)35-26(19-34(28(35)36)23-11-16-38-17-12-23)25-10-13-30-27(32-25)31-21-6-8-22(9-7-21)33-14-3-15-39-29(33)37/h2,4-5,10,13,18-19,21-23H,3,6-9,11-12,14-17H2,1H3,(H,30,31,32). The lowest BCUT2D eigenvalue weighted by Gasteiger charge is -2.38. The maximum Gasteiger partial charge on any atom is 0.410 e. The molecule has 0 radical (unpaired) electrons. The van der Waals surface area contributed by atoms with Gasteiger partial charge < -0.3 is 19.7 Å². The Hall–Kier alpha value is -3.66. The summed E-state index contributed by atoms with van der Waals surface area (Å²) in [5.41, 5.74) is 3.29. The Morgan fingerprint density at radius 2 is 1.79 bits per heavy atom. The fourth-order valence-corrected chi connectivity index (χ4v) is 6.07. The van der Waals surface area contributed by atoms with Crippen molar-refractivity contribution in [3.63, 3.8) is 0 Å². The van der Waals surface area contributed by atoms with E-state index in [1.54, 1.807) is 10.8 Å². The molecule has 1 N–H and O–H groups in total. The van der Waals surface area contributed by atoms with Crippen molar-refractivity contribution in [1.82, 2.24) is 24.0 Å². The molecular weight excluding hydrogens is 496 g/mol. The van der Waals surface area contributed by atoms with Crippen molar-refractivity contribution in [2.75, 3.05) is 31.7 Å². The second kappa shape index (κ2) is 11.2. The van der Waals surface area contributed by atoms with E-state index in [2.05, 4.69) is 10.3 Å². The van der Waals surface area contributed by atoms with Crippen molar-refractivity contribution in [2.24, 2.45) is 0 Å². The molecule has 6 rings (SSSR count). The van der Waals surface area contributed by atoms with Crippen LogP contribution >= 0.6 is 0 Å². The van der Waals surface area contributed by atoms with E-state index in [0.29, 0.717) is 31.5 Å². The quantitative estimate of drug-likeness (QED) is 0.504. The molecule has 2 aliphatic heterocycles. The zero-order valence-corrected chi connectivity index (χ0v) is 22.4. The van der Waals surface area contributed by atoms with E-state index in [9.17, 15) is 9.59 Å². The minimum absolute atomic E-state index is 0.0646. The predicted molar refractivity (Wildman–Crippen MR) is 147 cm³/mol. The molecule has 206 valence electrons. The maximum absolute atomic E-state index is 13.7. The van der Waals surface area contributed by atoms with Crippen molar-refractivity contribution in [1.29, 1.82) is 0 Å². The largest absolute Gasteiger partial charge is 0.449 e. The van der Waals surface area contributed by atoms with Gasteiger partial charge >= 0.3 is 11.8 Å². The number of cyclic esters (lactones) is 1. The first kappa shape index (κ1) is 25.6. The third-order valence-electron chi connectivity index (χ3n) is 8.15. The number of amides is 1. The van der Waals surface area contributed by atoms with Crippen molar-refractivity contribution in [2.45, 2.75) is 70.0 Å². The highest BCUT2D eigenvalue weighted by molar-refractivity contribution is 5.68. The first-order chi connectivity index (χ1) is 19.1. The van der Waals surface area contributed by atoms with Crippen molar-refractivity contribution in [3.8, 4) is 17.1 Å². The van der Waals surface area contributed by atoms with Crippen LogP contribution in [0.4, 0.5) is 10.7 Å². The van der Waals surface area contributed by atoms with Crippen molar-refractivity contribution in [3.05, 3.63) is 58.8 Å². The lowest BCUT2D eigenvalue weighted by atomic mass is 9.90. The molecule has 0 bridgehead atoms. The third-order valence-corrected chi connectivity index (χ3v) is 8.15. The number of anilines is 1. The summed E-state index contributed by atoms with van der Waals surface area (Å²) < 4.78 is 14.4. The molecular formula is C29H36N6O4. The lowest BCUT2D eigenvalue weighted by molar-refractivity contribution is 0.0462. The van der Waals surface area contributed by atoms with Gasteiger partial charge in [-0.05, 0) is 75.6 Å². The number of benzene rings is 1. The normalized spacial score (nSPS) is 22.5. The summed E-state index contributed by atoms with van der Waals surface area (Å²) >= 11 is 0. The third kappa shape index (κ3) is 5.43. The van der Waals surface area contributed by atoms with Crippen LogP contribution in [0.3, 0.4) is 0 Å². The Morgan fingerprint density at radius 1 is 0.974 bits per heavy atom. The van der Waals surface area contributed by atoms with Crippen LogP contribution in [0.2, 0.25) is 0 Å². The highest BCUT2D eigenvalue weighted by Crippen LogP contribution is 2.29. The van der Waals surface area contributed by atoms with E-state index < -0.39 is 0 Å². The Bertz CT molecular complexity index is 1370. The number of nitrogens with one attached hydrogen (secondary N) is 1. The molecule has 39 heavy (non-hydrogen) atoms. The van der Waals surface area contributed by atoms with Crippen LogP contribution < -0.4 is 11.0 Å². The van der Waals surface area contributed by atoms with Gasteiger partial charge in [-0.1, -0.05) is 12.1 Å². The monoisotopic (exact) mass is 532 g/mol. The molecule has 1 aliphatic carbocycles. The Balaban J connectivity index is 1.24. The van der Waals surface area contributed by atoms with E-state index in [-0.39, 0.29) is 29.9 Å². The van der Waals surface area contributed by atoms with E-state index >= 15 is 0 Å². The van der Waals surface area contributed by atoms with Crippen LogP contribution in [0, 0.1) is 6.92 Å². The predicted octanol–water partition coefficient (Wildman–Crippen LogP) is 4.32. The van der Waals surface area contributed by atoms with Gasteiger partial charge in [-0.3, -0.25) is 9.13 Å². The molecule has 2 aromatic heterocycles. The zero-order chi connectivity index (χ0) is 26.8. The van der Waals surface area contributed by atoms with Crippen LogP contribution in [0.5, 0.6) is 0 Å². The number of carbonyl (C=O) groups is 1. The van der Waals surface area contributed by atoms with Gasteiger partial charge in [-0.15, -0.1) is 0 Å². The summed E-state index contributed by atoms with van der Waals surface area (Å²) in [5.74, 6) is 0.551.